The second-order valence-electron chi connectivity index (χ2n) is 4.21. The third-order valence-corrected chi connectivity index (χ3v) is 3.01. The minimum atomic E-state index is 0.0304. The zero-order valence-electron chi connectivity index (χ0n) is 9.40. The molecule has 5 heteroatoms. The summed E-state index contributed by atoms with van der Waals surface area (Å²) >= 11 is 4.74. The molecule has 1 fully saturated rings. The molecule has 1 rings (SSSR count). The van der Waals surface area contributed by atoms with Crippen molar-refractivity contribution < 1.29 is 4.79 Å². The minimum absolute atomic E-state index is 0.0304. The number of likely N-dealkylation sites (tertiary alicyclic amines) is 1. The van der Waals surface area contributed by atoms with E-state index in [0.717, 1.165) is 25.9 Å². The molecule has 1 amide bonds. The molecule has 15 heavy (non-hydrogen) atoms. The predicted octanol–water partition coefficient (Wildman–Crippen LogP) is 0.215. The molecule has 1 atom stereocenters. The van der Waals surface area contributed by atoms with Crippen molar-refractivity contribution in [2.45, 2.75) is 25.3 Å². The molecule has 1 heterocycles. The normalized spacial score (nSPS) is 22.4. The van der Waals surface area contributed by atoms with Crippen molar-refractivity contribution in [3.63, 3.8) is 0 Å². The first-order chi connectivity index (χ1) is 7.00. The van der Waals surface area contributed by atoms with Gasteiger partial charge in [0.15, 0.2) is 0 Å². The number of likely N-dealkylation sites (N-methyl/N-ethyl adjacent to an activating group) is 2. The second kappa shape index (κ2) is 5.42. The highest BCUT2D eigenvalue weighted by Crippen LogP contribution is 2.14. The Kier molecular flexibility index (Phi) is 4.47. The lowest BCUT2D eigenvalue weighted by molar-refractivity contribution is -0.131. The maximum atomic E-state index is 11.7. The lowest BCUT2D eigenvalue weighted by Crippen LogP contribution is -2.47. The first-order valence-electron chi connectivity index (χ1n) is 5.23. The van der Waals surface area contributed by atoms with E-state index in [9.17, 15) is 4.79 Å². The van der Waals surface area contributed by atoms with Gasteiger partial charge in [-0.15, -0.1) is 0 Å². The van der Waals surface area contributed by atoms with Gasteiger partial charge in [0, 0.05) is 19.6 Å². The summed E-state index contributed by atoms with van der Waals surface area (Å²) in [5.41, 5.74) is 5.36. The van der Waals surface area contributed by atoms with Crippen LogP contribution in [0.2, 0.25) is 0 Å². The molecule has 1 aliphatic heterocycles. The number of hydrogen-bond acceptors (Lipinski definition) is 3. The summed E-state index contributed by atoms with van der Waals surface area (Å²) in [7, 11) is 3.92. The maximum absolute atomic E-state index is 11.7. The second-order valence-corrected chi connectivity index (χ2v) is 4.73. The van der Waals surface area contributed by atoms with E-state index in [0.29, 0.717) is 6.04 Å². The molecule has 0 aromatic carbocycles. The zero-order valence-corrected chi connectivity index (χ0v) is 10.2. The van der Waals surface area contributed by atoms with Crippen LogP contribution in [-0.4, -0.2) is 53.9 Å². The van der Waals surface area contributed by atoms with E-state index in [1.807, 2.05) is 7.05 Å². The zero-order chi connectivity index (χ0) is 11.4. The Bertz CT molecular complexity index is 257. The molecule has 86 valence electrons. The molecule has 1 unspecified atom stereocenters. The lowest BCUT2D eigenvalue weighted by atomic mass is 10.0. The van der Waals surface area contributed by atoms with E-state index in [1.165, 1.54) is 0 Å². The monoisotopic (exact) mass is 229 g/mol. The summed E-state index contributed by atoms with van der Waals surface area (Å²) in [6, 6.07) is 0.311. The van der Waals surface area contributed by atoms with Crippen LogP contribution in [0.15, 0.2) is 0 Å². The van der Waals surface area contributed by atoms with E-state index in [4.69, 9.17) is 18.0 Å². The van der Waals surface area contributed by atoms with E-state index in [1.54, 1.807) is 4.90 Å². The summed E-state index contributed by atoms with van der Waals surface area (Å²) in [6.45, 7) is 2.06. The van der Waals surface area contributed by atoms with Crippen LogP contribution >= 0.6 is 12.2 Å². The molecule has 0 bridgehead atoms. The van der Waals surface area contributed by atoms with Crippen molar-refractivity contribution in [2.75, 3.05) is 27.2 Å². The number of rotatable bonds is 3. The largest absolute Gasteiger partial charge is 0.393 e. The van der Waals surface area contributed by atoms with E-state index in [2.05, 4.69) is 11.9 Å². The average Bonchev–Trinajstić information content (AvgIpc) is 2.15. The van der Waals surface area contributed by atoms with Gasteiger partial charge in [0.2, 0.25) is 5.91 Å². The van der Waals surface area contributed by atoms with Crippen LogP contribution < -0.4 is 5.73 Å². The highest BCUT2D eigenvalue weighted by Gasteiger charge is 2.24. The summed E-state index contributed by atoms with van der Waals surface area (Å²) < 4.78 is 0. The molecular formula is C10H19N3OS. The van der Waals surface area contributed by atoms with E-state index >= 15 is 0 Å². The number of nitrogens with two attached hydrogens (primary N) is 1. The first-order valence-corrected chi connectivity index (χ1v) is 5.64. The summed E-state index contributed by atoms with van der Waals surface area (Å²) in [5.74, 6) is 0.0304. The Morgan fingerprint density at radius 1 is 1.67 bits per heavy atom. The maximum Gasteiger partial charge on any atom is 0.229 e. The van der Waals surface area contributed by atoms with Gasteiger partial charge in [-0.2, -0.15) is 0 Å². The average molecular weight is 229 g/mol. The van der Waals surface area contributed by atoms with Gasteiger partial charge in [-0.1, -0.05) is 12.2 Å². The van der Waals surface area contributed by atoms with Crippen LogP contribution in [0.4, 0.5) is 0 Å². The van der Waals surface area contributed by atoms with Gasteiger partial charge in [0.05, 0.1) is 11.4 Å². The summed E-state index contributed by atoms with van der Waals surface area (Å²) in [5, 5.41) is 0. The van der Waals surface area contributed by atoms with Gasteiger partial charge >= 0.3 is 0 Å². The van der Waals surface area contributed by atoms with Gasteiger partial charge in [-0.05, 0) is 26.4 Å². The van der Waals surface area contributed by atoms with Crippen LogP contribution in [0.25, 0.3) is 0 Å². The third-order valence-electron chi connectivity index (χ3n) is 2.87. The van der Waals surface area contributed by atoms with Gasteiger partial charge in [0.25, 0.3) is 0 Å². The number of hydrogen-bond donors (Lipinski definition) is 1. The third kappa shape index (κ3) is 3.76. The highest BCUT2D eigenvalue weighted by molar-refractivity contribution is 7.80. The van der Waals surface area contributed by atoms with Crippen molar-refractivity contribution in [1.82, 2.24) is 9.80 Å². The molecular weight excluding hydrogens is 210 g/mol. The van der Waals surface area contributed by atoms with Gasteiger partial charge in [-0.25, -0.2) is 0 Å². The van der Waals surface area contributed by atoms with Crippen molar-refractivity contribution in [3.8, 4) is 0 Å². The number of amides is 1. The van der Waals surface area contributed by atoms with Crippen LogP contribution in [-0.2, 0) is 4.79 Å². The standard InChI is InChI=1S/C10H19N3OS/c1-12-5-3-4-8(7-12)13(2)10(14)6-9(11)15/h8H,3-7H2,1-2H3,(H2,11,15). The molecule has 0 spiro atoms. The quantitative estimate of drug-likeness (QED) is 0.703. The molecule has 1 aliphatic rings. The van der Waals surface area contributed by atoms with Crippen LogP contribution in [0.1, 0.15) is 19.3 Å². The number of carbonyl (C=O) groups excluding carboxylic acids is 1. The number of thiocarbonyl (C=S) groups is 1. The molecule has 0 saturated carbocycles. The van der Waals surface area contributed by atoms with Crippen LogP contribution in [0, 0.1) is 0 Å². The molecule has 2 N–H and O–H groups in total. The summed E-state index contributed by atoms with van der Waals surface area (Å²) in [4.78, 5) is 16.0. The molecule has 0 radical (unpaired) electrons. The van der Waals surface area contributed by atoms with Crippen LogP contribution in [0.3, 0.4) is 0 Å². The van der Waals surface area contributed by atoms with Gasteiger partial charge in [-0.3, -0.25) is 4.79 Å². The summed E-state index contributed by atoms with van der Waals surface area (Å²) in [6.07, 6.45) is 2.40. The Balaban J connectivity index is 2.47. The Hall–Kier alpha value is -0.680. The van der Waals surface area contributed by atoms with E-state index in [-0.39, 0.29) is 17.3 Å². The molecule has 0 aromatic rings. The van der Waals surface area contributed by atoms with Gasteiger partial charge < -0.3 is 15.5 Å². The topological polar surface area (TPSA) is 49.6 Å². The Labute approximate surface area is 96.4 Å². The fourth-order valence-electron chi connectivity index (χ4n) is 1.93. The number of piperidine rings is 1. The van der Waals surface area contributed by atoms with Crippen molar-refractivity contribution in [2.24, 2.45) is 5.73 Å². The molecule has 0 aliphatic carbocycles. The van der Waals surface area contributed by atoms with Crippen molar-refractivity contribution in [1.29, 1.82) is 0 Å². The fraction of sp³-hybridized carbons (Fsp3) is 0.800. The first kappa shape index (κ1) is 12.4. The Morgan fingerprint density at radius 3 is 2.87 bits per heavy atom. The smallest absolute Gasteiger partial charge is 0.229 e. The van der Waals surface area contributed by atoms with Crippen LogP contribution in [0.5, 0.6) is 0 Å². The molecule has 1 saturated heterocycles. The van der Waals surface area contributed by atoms with Gasteiger partial charge in [0.1, 0.15) is 0 Å². The minimum Gasteiger partial charge on any atom is -0.393 e. The fourth-order valence-corrected chi connectivity index (χ4v) is 2.06. The Morgan fingerprint density at radius 2 is 2.33 bits per heavy atom. The van der Waals surface area contributed by atoms with E-state index < -0.39 is 0 Å². The SMILES string of the molecule is CN1CCCC(N(C)C(=O)CC(N)=S)C1. The number of nitrogens with zero attached hydrogens (tertiary/aromatic N) is 2. The van der Waals surface area contributed by atoms with Crippen molar-refractivity contribution >= 4 is 23.1 Å². The lowest BCUT2D eigenvalue weighted by Gasteiger charge is -2.35. The highest BCUT2D eigenvalue weighted by atomic mass is 32.1. The predicted molar refractivity (Wildman–Crippen MR) is 64.7 cm³/mol. The molecule has 4 nitrogen and oxygen atoms in total. The van der Waals surface area contributed by atoms with Crippen molar-refractivity contribution in [3.05, 3.63) is 0 Å². The number of carbonyl (C=O) groups is 1. The molecule has 0 aromatic heterocycles.